The predicted octanol–water partition coefficient (Wildman–Crippen LogP) is 8.22. The number of halogens is 1. The summed E-state index contributed by atoms with van der Waals surface area (Å²) >= 11 is 0. The summed E-state index contributed by atoms with van der Waals surface area (Å²) in [5.74, 6) is -0.327. The highest BCUT2D eigenvalue weighted by molar-refractivity contribution is 6.15. The van der Waals surface area contributed by atoms with E-state index >= 15 is 4.39 Å². The first kappa shape index (κ1) is 26.5. The minimum atomic E-state index is -0.327. The van der Waals surface area contributed by atoms with Gasteiger partial charge < -0.3 is 0 Å². The average Bonchev–Trinajstić information content (AvgIpc) is 2.72. The number of nitrogens with one attached hydrogen (secondary N) is 1. The molecule has 0 bridgehead atoms. The number of hydrogen-bond donors (Lipinski definition) is 1. The maximum Gasteiger partial charge on any atom is 0.136 e. The van der Waals surface area contributed by atoms with Gasteiger partial charge in [-0.05, 0) is 96.1 Å². The monoisotopic (exact) mass is 422 g/mol. The van der Waals surface area contributed by atoms with E-state index in [0.29, 0.717) is 23.2 Å². The summed E-state index contributed by atoms with van der Waals surface area (Å²) in [6, 6.07) is 0. The molecule has 0 amide bonds. The quantitative estimate of drug-likeness (QED) is 0.324. The Morgan fingerprint density at radius 2 is 1.55 bits per heavy atom. The fourth-order valence-corrected chi connectivity index (χ4v) is 3.83. The van der Waals surface area contributed by atoms with Crippen molar-refractivity contribution in [3.63, 3.8) is 0 Å². The summed E-state index contributed by atoms with van der Waals surface area (Å²) in [6.45, 7) is 23.7. The zero-order valence-electron chi connectivity index (χ0n) is 21.1. The molecule has 3 heteroatoms. The Bertz CT molecular complexity index is 1010. The van der Waals surface area contributed by atoms with Crippen LogP contribution in [0, 0.1) is 18.2 Å². The van der Waals surface area contributed by atoms with Gasteiger partial charge in [0.1, 0.15) is 5.82 Å². The van der Waals surface area contributed by atoms with Crippen molar-refractivity contribution >= 4 is 11.9 Å². The Balaban J connectivity index is 4.09. The topological polar surface area (TPSA) is 36.2 Å². The van der Waals surface area contributed by atoms with E-state index in [9.17, 15) is 5.41 Å². The predicted molar refractivity (Wildman–Crippen MR) is 135 cm³/mol. The molecular weight excluding hydrogens is 383 g/mol. The van der Waals surface area contributed by atoms with Gasteiger partial charge in [-0.15, -0.1) is 0 Å². The Morgan fingerprint density at radius 1 is 1.00 bits per heavy atom. The summed E-state index contributed by atoms with van der Waals surface area (Å²) in [5.41, 5.74) is 9.71. The van der Waals surface area contributed by atoms with Crippen LogP contribution in [-0.4, -0.2) is 11.9 Å². The molecule has 0 aliphatic rings. The van der Waals surface area contributed by atoms with E-state index in [1.54, 1.807) is 13.1 Å². The molecule has 0 radical (unpaired) electrons. The second kappa shape index (κ2) is 11.2. The number of benzene rings is 1. The molecule has 0 aliphatic heterocycles. The minimum absolute atomic E-state index is 0.257. The molecule has 0 heterocycles. The van der Waals surface area contributed by atoms with Crippen LogP contribution in [0.4, 0.5) is 4.39 Å². The van der Waals surface area contributed by atoms with Crippen LogP contribution in [0.25, 0.3) is 0 Å². The molecule has 0 unspecified atom stereocenters. The van der Waals surface area contributed by atoms with Crippen molar-refractivity contribution in [3.05, 3.63) is 79.9 Å². The molecule has 1 N–H and O–H groups in total. The second-order valence-corrected chi connectivity index (χ2v) is 8.36. The maximum absolute atomic E-state index is 15.9. The van der Waals surface area contributed by atoms with Crippen molar-refractivity contribution < 1.29 is 4.39 Å². The molecule has 0 saturated carbocycles. The van der Waals surface area contributed by atoms with Crippen LogP contribution in [0.3, 0.4) is 0 Å². The van der Waals surface area contributed by atoms with E-state index in [0.717, 1.165) is 51.0 Å². The molecule has 1 aromatic carbocycles. The Kier molecular flexibility index (Phi) is 9.55. The third-order valence-corrected chi connectivity index (χ3v) is 6.09. The molecule has 1 rings (SSSR count). The lowest BCUT2D eigenvalue weighted by molar-refractivity contribution is 0.611. The van der Waals surface area contributed by atoms with E-state index in [4.69, 9.17) is 0 Å². The van der Waals surface area contributed by atoms with Crippen LogP contribution in [0.15, 0.2) is 51.2 Å². The fraction of sp³-hybridized carbons (Fsp3) is 0.429. The van der Waals surface area contributed by atoms with E-state index in [-0.39, 0.29) is 11.5 Å². The number of allylic oxidation sites excluding steroid dienone is 7. The molecule has 0 fully saturated rings. The van der Waals surface area contributed by atoms with Crippen molar-refractivity contribution in [2.45, 2.75) is 82.1 Å². The van der Waals surface area contributed by atoms with Gasteiger partial charge in [-0.25, -0.2) is 4.39 Å². The number of nitrogens with zero attached hydrogens (tertiary/aromatic N) is 1. The lowest BCUT2D eigenvalue weighted by atomic mass is 9.82. The second-order valence-electron chi connectivity index (χ2n) is 8.36. The lowest BCUT2D eigenvalue weighted by Gasteiger charge is -2.23. The van der Waals surface area contributed by atoms with Gasteiger partial charge in [0.05, 0.1) is 5.71 Å². The van der Waals surface area contributed by atoms with Crippen LogP contribution < -0.4 is 0 Å². The van der Waals surface area contributed by atoms with Crippen molar-refractivity contribution in [2.75, 3.05) is 0 Å². The van der Waals surface area contributed by atoms with Gasteiger partial charge in [0.25, 0.3) is 0 Å². The van der Waals surface area contributed by atoms with E-state index < -0.39 is 0 Å². The van der Waals surface area contributed by atoms with Crippen molar-refractivity contribution in [3.8, 4) is 0 Å². The third-order valence-electron chi connectivity index (χ3n) is 6.09. The maximum atomic E-state index is 15.9. The van der Waals surface area contributed by atoms with Gasteiger partial charge in [-0.1, -0.05) is 37.6 Å². The van der Waals surface area contributed by atoms with Crippen molar-refractivity contribution in [1.29, 1.82) is 5.41 Å². The van der Waals surface area contributed by atoms with Gasteiger partial charge in [0.2, 0.25) is 0 Å². The summed E-state index contributed by atoms with van der Waals surface area (Å²) in [5, 5.41) is 9.20. The number of aliphatic imine (C=N–C) groups is 1. The first-order valence-electron chi connectivity index (χ1n) is 11.1. The Hall–Kier alpha value is -2.55. The number of rotatable bonds is 8. The normalized spacial score (nSPS) is 12.8. The molecule has 168 valence electrons. The first-order chi connectivity index (χ1) is 14.4. The molecule has 0 aromatic heterocycles. The average molecular weight is 423 g/mol. The highest BCUT2D eigenvalue weighted by atomic mass is 19.1. The smallest absolute Gasteiger partial charge is 0.136 e. The molecular formula is C28H39FN2. The highest BCUT2D eigenvalue weighted by Gasteiger charge is 2.25. The van der Waals surface area contributed by atoms with Gasteiger partial charge in [0.15, 0.2) is 0 Å². The van der Waals surface area contributed by atoms with Crippen LogP contribution in [0.2, 0.25) is 0 Å². The SMILES string of the molecule is C=C(C)N=Cc1c(C)c(F)c(C(=N)/C(C(C)=C(C)C)=C(C)\C(C)=C/C)c(CC)c1CC. The molecule has 0 atom stereocenters. The van der Waals surface area contributed by atoms with Gasteiger partial charge in [-0.2, -0.15) is 0 Å². The van der Waals surface area contributed by atoms with Crippen LogP contribution in [0.1, 0.15) is 90.1 Å². The molecule has 0 saturated heterocycles. The van der Waals surface area contributed by atoms with Crippen LogP contribution in [0.5, 0.6) is 0 Å². The largest absolute Gasteiger partial charge is 0.300 e. The number of hydrogen-bond acceptors (Lipinski definition) is 2. The zero-order chi connectivity index (χ0) is 24.0. The van der Waals surface area contributed by atoms with Gasteiger partial charge >= 0.3 is 0 Å². The Morgan fingerprint density at radius 3 is 1.97 bits per heavy atom. The summed E-state index contributed by atoms with van der Waals surface area (Å²) in [7, 11) is 0. The van der Waals surface area contributed by atoms with E-state index in [1.165, 1.54) is 0 Å². The standard InChI is InChI=1S/C28H39FN2/c1-12-18(8)20(10)25(19(9)16(4)5)28(30)26-23(14-3)22(13-2)24(15-31-17(6)7)21(11)27(26)29/h12,15,30H,6,13-14H2,1-5,7-11H3/b18-12-,25-20-,30-28?,31-15?. The summed E-state index contributed by atoms with van der Waals surface area (Å²) in [4.78, 5) is 4.34. The van der Waals surface area contributed by atoms with Crippen LogP contribution >= 0.6 is 0 Å². The fourth-order valence-electron chi connectivity index (χ4n) is 3.83. The minimum Gasteiger partial charge on any atom is -0.300 e. The first-order valence-corrected chi connectivity index (χ1v) is 11.1. The van der Waals surface area contributed by atoms with E-state index in [1.807, 2.05) is 61.5 Å². The van der Waals surface area contributed by atoms with Gasteiger partial charge in [0, 0.05) is 28.6 Å². The molecule has 1 aromatic rings. The molecule has 0 spiro atoms. The molecule has 31 heavy (non-hydrogen) atoms. The third kappa shape index (κ3) is 5.58. The van der Waals surface area contributed by atoms with E-state index in [2.05, 4.69) is 18.5 Å². The van der Waals surface area contributed by atoms with Crippen LogP contribution in [-0.2, 0) is 12.8 Å². The van der Waals surface area contributed by atoms with Gasteiger partial charge in [-0.3, -0.25) is 10.4 Å². The lowest BCUT2D eigenvalue weighted by Crippen LogP contribution is -2.18. The van der Waals surface area contributed by atoms with Crippen molar-refractivity contribution in [1.82, 2.24) is 0 Å². The van der Waals surface area contributed by atoms with Crippen molar-refractivity contribution in [2.24, 2.45) is 4.99 Å². The summed E-state index contributed by atoms with van der Waals surface area (Å²) in [6.07, 6.45) is 5.15. The zero-order valence-corrected chi connectivity index (χ0v) is 21.1. The molecule has 2 nitrogen and oxygen atoms in total. The molecule has 0 aliphatic carbocycles. The Labute approximate surface area is 188 Å². The highest BCUT2D eigenvalue weighted by Crippen LogP contribution is 2.33. The summed E-state index contributed by atoms with van der Waals surface area (Å²) < 4.78 is 15.9.